The molecule has 0 amide bonds. The van der Waals surface area contributed by atoms with Crippen molar-refractivity contribution in [1.29, 1.82) is 0 Å². The van der Waals surface area contributed by atoms with E-state index in [1.807, 2.05) is 0 Å². The molecule has 0 spiro atoms. The van der Waals surface area contributed by atoms with Gasteiger partial charge in [-0.25, -0.2) is 0 Å². The number of aliphatic hydroxyl groups excluding tert-OH is 2. The van der Waals surface area contributed by atoms with E-state index in [1.165, 1.54) is 56.1 Å². The minimum Gasteiger partial charge on any atom is -0.393 e. The van der Waals surface area contributed by atoms with Crippen LogP contribution in [0.2, 0.25) is 0 Å². The van der Waals surface area contributed by atoms with E-state index in [9.17, 15) is 10.2 Å². The van der Waals surface area contributed by atoms with Gasteiger partial charge in [0.25, 0.3) is 0 Å². The summed E-state index contributed by atoms with van der Waals surface area (Å²) in [5.74, 6) is 3.88. The van der Waals surface area contributed by atoms with Crippen LogP contribution in [0.4, 0.5) is 0 Å². The molecular formula is C29H48O2. The Bertz CT molecular complexity index is 710. The highest BCUT2D eigenvalue weighted by Crippen LogP contribution is 2.67. The highest BCUT2D eigenvalue weighted by Gasteiger charge is 2.61. The van der Waals surface area contributed by atoms with Crippen LogP contribution in [0.25, 0.3) is 0 Å². The molecule has 0 saturated heterocycles. The van der Waals surface area contributed by atoms with Crippen molar-refractivity contribution in [2.75, 3.05) is 0 Å². The summed E-state index contributed by atoms with van der Waals surface area (Å²) in [6, 6.07) is 0. The first-order valence-electron chi connectivity index (χ1n) is 13.3. The Morgan fingerprint density at radius 1 is 1.10 bits per heavy atom. The van der Waals surface area contributed by atoms with Gasteiger partial charge >= 0.3 is 0 Å². The first-order valence-corrected chi connectivity index (χ1v) is 13.3. The highest BCUT2D eigenvalue weighted by atomic mass is 16.3. The zero-order chi connectivity index (χ0) is 22.6. The molecule has 10 atom stereocenters. The van der Waals surface area contributed by atoms with Crippen LogP contribution >= 0.6 is 0 Å². The molecule has 3 fully saturated rings. The fourth-order valence-electron chi connectivity index (χ4n) is 9.07. The third kappa shape index (κ3) is 3.88. The summed E-state index contributed by atoms with van der Waals surface area (Å²) in [5, 5.41) is 21.6. The molecular weight excluding hydrogens is 380 g/mol. The Morgan fingerprint density at radius 2 is 1.84 bits per heavy atom. The maximum absolute atomic E-state index is 11.3. The molecule has 0 heterocycles. The van der Waals surface area contributed by atoms with Crippen LogP contribution in [0.5, 0.6) is 0 Å². The molecule has 0 aliphatic heterocycles. The van der Waals surface area contributed by atoms with Crippen LogP contribution in [0.1, 0.15) is 98.8 Å². The highest BCUT2D eigenvalue weighted by molar-refractivity contribution is 5.27. The summed E-state index contributed by atoms with van der Waals surface area (Å²) in [6.07, 6.45) is 13.5. The SMILES string of the molecule is C=C(C)[C@H](CC)CC[C@@H](C)[C@H]1CCC2C3C(CC[C@@]21C)[C@@]1(C)CC[C@H](O)CC1=C[C@H]3O. The molecule has 0 aromatic rings. The molecule has 0 aromatic heterocycles. The first kappa shape index (κ1) is 23.6. The summed E-state index contributed by atoms with van der Waals surface area (Å²) >= 11 is 0. The van der Waals surface area contributed by atoms with E-state index in [1.54, 1.807) is 0 Å². The Labute approximate surface area is 191 Å². The van der Waals surface area contributed by atoms with Gasteiger partial charge in [-0.15, -0.1) is 0 Å². The number of allylic oxidation sites excluding steroid dienone is 1. The summed E-state index contributed by atoms with van der Waals surface area (Å²) in [6.45, 7) is 16.3. The summed E-state index contributed by atoms with van der Waals surface area (Å²) in [7, 11) is 0. The van der Waals surface area contributed by atoms with E-state index in [0.717, 1.165) is 31.1 Å². The van der Waals surface area contributed by atoms with Crippen molar-refractivity contribution in [3.8, 4) is 0 Å². The second-order valence-corrected chi connectivity index (χ2v) is 12.5. The average Bonchev–Trinajstić information content (AvgIpc) is 3.06. The third-order valence-electron chi connectivity index (χ3n) is 11.0. The number of fused-ring (bicyclic) bond motifs is 5. The van der Waals surface area contributed by atoms with Crippen molar-refractivity contribution in [3.05, 3.63) is 23.8 Å². The molecule has 0 bridgehead atoms. The van der Waals surface area contributed by atoms with Crippen LogP contribution in [0.15, 0.2) is 23.8 Å². The number of hydrogen-bond acceptors (Lipinski definition) is 2. The Morgan fingerprint density at radius 3 is 2.52 bits per heavy atom. The van der Waals surface area contributed by atoms with E-state index in [0.29, 0.717) is 29.1 Å². The molecule has 0 radical (unpaired) electrons. The standard InChI is InChI=1S/C29H48O2/c1-7-20(18(2)3)9-8-19(4)23-10-11-24-27-25(13-15-29(23,24)6)28(5)14-12-22(30)16-21(28)17-26(27)31/h17,19-20,22-27,30-31H,2,7-16H2,1,3-6H3/t19-,20-,22+,23-,24?,25?,26-,27?,28+,29-/m1/s1. The molecule has 3 unspecified atom stereocenters. The monoisotopic (exact) mass is 428 g/mol. The van der Waals surface area contributed by atoms with E-state index in [2.05, 4.69) is 47.3 Å². The Kier molecular flexibility index (Phi) is 6.56. The normalized spacial score (nSPS) is 46.4. The molecule has 4 rings (SSSR count). The van der Waals surface area contributed by atoms with Gasteiger partial charge in [0.1, 0.15) is 0 Å². The zero-order valence-electron chi connectivity index (χ0n) is 20.9. The number of aliphatic hydroxyl groups is 2. The summed E-state index contributed by atoms with van der Waals surface area (Å²) in [4.78, 5) is 0. The molecule has 0 aromatic carbocycles. The zero-order valence-corrected chi connectivity index (χ0v) is 20.9. The molecule has 176 valence electrons. The fraction of sp³-hybridized carbons (Fsp3) is 0.862. The van der Waals surface area contributed by atoms with Gasteiger partial charge < -0.3 is 10.2 Å². The molecule has 4 aliphatic carbocycles. The predicted octanol–water partition coefficient (Wildman–Crippen LogP) is 6.92. The van der Waals surface area contributed by atoms with Crippen molar-refractivity contribution in [3.63, 3.8) is 0 Å². The van der Waals surface area contributed by atoms with Gasteiger partial charge in [0.15, 0.2) is 0 Å². The molecule has 2 heteroatoms. The van der Waals surface area contributed by atoms with Crippen molar-refractivity contribution < 1.29 is 10.2 Å². The van der Waals surface area contributed by atoms with Crippen LogP contribution in [-0.4, -0.2) is 22.4 Å². The lowest BCUT2D eigenvalue weighted by Crippen LogP contribution is -2.54. The van der Waals surface area contributed by atoms with Crippen molar-refractivity contribution in [2.45, 2.75) is 111 Å². The first-order chi connectivity index (χ1) is 14.6. The van der Waals surface area contributed by atoms with Gasteiger partial charge in [0.2, 0.25) is 0 Å². The lowest BCUT2D eigenvalue weighted by molar-refractivity contribution is -0.0971. The van der Waals surface area contributed by atoms with Gasteiger partial charge in [-0.2, -0.15) is 0 Å². The quantitative estimate of drug-likeness (QED) is 0.451. The van der Waals surface area contributed by atoms with E-state index in [4.69, 9.17) is 0 Å². The number of rotatable bonds is 6. The van der Waals surface area contributed by atoms with E-state index in [-0.39, 0.29) is 17.6 Å². The topological polar surface area (TPSA) is 40.5 Å². The lowest BCUT2D eigenvalue weighted by atomic mass is 9.46. The Hall–Kier alpha value is -0.600. The van der Waals surface area contributed by atoms with E-state index < -0.39 is 0 Å². The van der Waals surface area contributed by atoms with Gasteiger partial charge in [-0.05, 0) is 117 Å². The van der Waals surface area contributed by atoms with Crippen molar-refractivity contribution in [2.24, 2.45) is 46.3 Å². The maximum atomic E-state index is 11.3. The summed E-state index contributed by atoms with van der Waals surface area (Å²) < 4.78 is 0. The van der Waals surface area contributed by atoms with Gasteiger partial charge in [0, 0.05) is 0 Å². The second kappa shape index (κ2) is 8.64. The minimum absolute atomic E-state index is 0.198. The maximum Gasteiger partial charge on any atom is 0.0757 e. The van der Waals surface area contributed by atoms with Crippen molar-refractivity contribution >= 4 is 0 Å². The average molecular weight is 429 g/mol. The van der Waals surface area contributed by atoms with Gasteiger partial charge in [0.05, 0.1) is 12.2 Å². The van der Waals surface area contributed by atoms with Crippen molar-refractivity contribution in [1.82, 2.24) is 0 Å². The molecule has 31 heavy (non-hydrogen) atoms. The Balaban J connectivity index is 1.52. The predicted molar refractivity (Wildman–Crippen MR) is 130 cm³/mol. The van der Waals surface area contributed by atoms with Gasteiger partial charge in [-0.3, -0.25) is 0 Å². The third-order valence-corrected chi connectivity index (χ3v) is 11.0. The largest absolute Gasteiger partial charge is 0.393 e. The molecule has 2 N–H and O–H groups in total. The molecule has 2 nitrogen and oxygen atoms in total. The van der Waals surface area contributed by atoms with Crippen LogP contribution in [0.3, 0.4) is 0 Å². The fourth-order valence-corrected chi connectivity index (χ4v) is 9.07. The van der Waals surface area contributed by atoms with Gasteiger partial charge in [-0.1, -0.05) is 51.5 Å². The minimum atomic E-state index is -0.315. The summed E-state index contributed by atoms with van der Waals surface area (Å²) in [5.41, 5.74) is 3.29. The smallest absolute Gasteiger partial charge is 0.0757 e. The molecule has 4 aliphatic rings. The second-order valence-electron chi connectivity index (χ2n) is 12.5. The lowest BCUT2D eigenvalue weighted by Gasteiger charge is -2.59. The van der Waals surface area contributed by atoms with Crippen LogP contribution in [0, 0.1) is 46.3 Å². The van der Waals surface area contributed by atoms with Crippen LogP contribution < -0.4 is 0 Å². The van der Waals surface area contributed by atoms with Crippen LogP contribution in [-0.2, 0) is 0 Å². The van der Waals surface area contributed by atoms with E-state index >= 15 is 0 Å². The molecule has 3 saturated carbocycles. The number of hydrogen-bond donors (Lipinski definition) is 2.